The lowest BCUT2D eigenvalue weighted by molar-refractivity contribution is -0.118. The van der Waals surface area contributed by atoms with E-state index in [0.717, 1.165) is 31.4 Å². The van der Waals surface area contributed by atoms with Crippen LogP contribution in [0.15, 0.2) is 12.4 Å². The molecular weight excluding hydrogens is 256 g/mol. The van der Waals surface area contributed by atoms with Crippen molar-refractivity contribution in [3.63, 3.8) is 0 Å². The number of hydrogen-bond donors (Lipinski definition) is 0. The minimum atomic E-state index is -1.02. The van der Waals surface area contributed by atoms with Crippen molar-refractivity contribution >= 4 is 13.9 Å². The van der Waals surface area contributed by atoms with E-state index in [1.54, 1.807) is 4.68 Å². The molecule has 106 valence electrons. The number of nitrogens with zero attached hydrogens (tertiary/aromatic N) is 2. The molecule has 4 nitrogen and oxygen atoms in total. The average Bonchev–Trinajstić information content (AvgIpc) is 2.91. The molecule has 2 rings (SSSR count). The van der Waals surface area contributed by atoms with E-state index in [1.165, 1.54) is 6.04 Å². The molecule has 0 saturated heterocycles. The molecule has 1 fully saturated rings. The highest BCUT2D eigenvalue weighted by Crippen LogP contribution is 2.30. The fourth-order valence-corrected chi connectivity index (χ4v) is 3.09. The van der Waals surface area contributed by atoms with Gasteiger partial charge in [0, 0.05) is 38.8 Å². The van der Waals surface area contributed by atoms with Gasteiger partial charge in [-0.2, -0.15) is 5.10 Å². The van der Waals surface area contributed by atoms with Gasteiger partial charge in [0.1, 0.15) is 12.5 Å². The second kappa shape index (κ2) is 6.01. The summed E-state index contributed by atoms with van der Waals surface area (Å²) in [5, 5.41) is 4.28. The summed E-state index contributed by atoms with van der Waals surface area (Å²) in [7, 11) is -1.02. The molecule has 1 heterocycles. The fraction of sp³-hybridized carbons (Fsp3) is 0.714. The van der Waals surface area contributed by atoms with Crippen LogP contribution in [0.25, 0.3) is 0 Å². The van der Waals surface area contributed by atoms with Crippen molar-refractivity contribution in [3.8, 4) is 0 Å². The van der Waals surface area contributed by atoms with Gasteiger partial charge in [-0.3, -0.25) is 4.79 Å². The highest BCUT2D eigenvalue weighted by atomic mass is 28.3. The van der Waals surface area contributed by atoms with Gasteiger partial charge < -0.3 is 4.74 Å². The molecule has 0 spiro atoms. The quantitative estimate of drug-likeness (QED) is 0.594. The van der Waals surface area contributed by atoms with Crippen molar-refractivity contribution in [2.45, 2.75) is 57.6 Å². The van der Waals surface area contributed by atoms with Crippen molar-refractivity contribution in [1.82, 2.24) is 9.78 Å². The maximum atomic E-state index is 11.7. The molecule has 1 aliphatic carbocycles. The maximum Gasteiger partial charge on any atom is 0.140 e. The molecule has 5 heteroatoms. The Morgan fingerprint density at radius 3 is 2.89 bits per heavy atom. The molecule has 1 aromatic rings. The van der Waals surface area contributed by atoms with E-state index in [1.807, 2.05) is 12.4 Å². The predicted molar refractivity (Wildman–Crippen MR) is 77.9 cm³/mol. The van der Waals surface area contributed by atoms with Crippen molar-refractivity contribution < 1.29 is 9.53 Å². The number of rotatable bonds is 6. The third-order valence-corrected chi connectivity index (χ3v) is 5.28. The zero-order chi connectivity index (χ0) is 13.9. The molecule has 0 N–H and O–H groups in total. The zero-order valence-electron chi connectivity index (χ0n) is 12.2. The first kappa shape index (κ1) is 14.5. The molecule has 0 amide bonds. The number of Topliss-reactive ketones (excluding diaryl/α,β-unsaturated/α-hetero) is 1. The fourth-order valence-electron chi connectivity index (χ4n) is 2.33. The number of carbonyl (C=O) groups excluding carboxylic acids is 1. The van der Waals surface area contributed by atoms with Crippen LogP contribution < -0.4 is 0 Å². The molecule has 0 aromatic carbocycles. The molecule has 1 unspecified atom stereocenters. The highest BCUT2D eigenvalue weighted by Gasteiger charge is 2.26. The average molecular weight is 280 g/mol. The lowest BCUT2D eigenvalue weighted by atomic mass is 10.0. The summed E-state index contributed by atoms with van der Waals surface area (Å²) in [6.07, 6.45) is 6.49. The van der Waals surface area contributed by atoms with Gasteiger partial charge in [0.2, 0.25) is 0 Å². The summed E-state index contributed by atoms with van der Waals surface area (Å²) in [6, 6.07) is 1.17. The van der Waals surface area contributed by atoms with Crippen LogP contribution in [0.5, 0.6) is 0 Å². The van der Waals surface area contributed by atoms with Crippen LogP contribution in [-0.4, -0.2) is 30.2 Å². The third kappa shape index (κ3) is 4.28. The summed E-state index contributed by atoms with van der Waals surface area (Å²) in [5.41, 5.74) is 1.05. The smallest absolute Gasteiger partial charge is 0.140 e. The van der Waals surface area contributed by atoms with Crippen molar-refractivity contribution in [2.24, 2.45) is 0 Å². The van der Waals surface area contributed by atoms with Gasteiger partial charge in [0.15, 0.2) is 0 Å². The molecule has 19 heavy (non-hydrogen) atoms. The van der Waals surface area contributed by atoms with Crippen molar-refractivity contribution in [1.29, 1.82) is 0 Å². The summed E-state index contributed by atoms with van der Waals surface area (Å²) in [5.74, 6) is 0.440. The number of ketones is 1. The second-order valence-corrected chi connectivity index (χ2v) is 12.2. The molecule has 0 radical (unpaired) electrons. The first-order valence-electron chi connectivity index (χ1n) is 7.08. The Kier molecular flexibility index (Phi) is 4.57. The van der Waals surface area contributed by atoms with Crippen LogP contribution in [0.3, 0.4) is 0 Å². The Morgan fingerprint density at radius 2 is 2.26 bits per heavy atom. The Labute approximate surface area is 116 Å². The zero-order valence-corrected chi connectivity index (χ0v) is 13.2. The Morgan fingerprint density at radius 1 is 1.47 bits per heavy atom. The number of hydrogen-bond acceptors (Lipinski definition) is 3. The van der Waals surface area contributed by atoms with Gasteiger partial charge in [0.05, 0.1) is 6.20 Å². The van der Waals surface area contributed by atoms with Crippen molar-refractivity contribution in [2.75, 3.05) is 6.61 Å². The predicted octanol–water partition coefficient (Wildman–Crippen LogP) is 3.03. The minimum absolute atomic E-state index is 0.0794. The van der Waals surface area contributed by atoms with Crippen LogP contribution in [-0.2, 0) is 16.3 Å². The number of aromatic nitrogens is 2. The van der Waals surface area contributed by atoms with Gasteiger partial charge >= 0.3 is 0 Å². The molecule has 1 saturated carbocycles. The van der Waals surface area contributed by atoms with Gasteiger partial charge in [0.25, 0.3) is 0 Å². The van der Waals surface area contributed by atoms with Crippen molar-refractivity contribution in [3.05, 3.63) is 18.0 Å². The topological polar surface area (TPSA) is 44.1 Å². The normalized spacial score (nSPS) is 20.2. The molecule has 1 atom stereocenters. The van der Waals surface area contributed by atoms with Crippen LogP contribution >= 0.6 is 0 Å². The van der Waals surface area contributed by atoms with Gasteiger partial charge in [-0.25, -0.2) is 4.68 Å². The first-order valence-corrected chi connectivity index (χ1v) is 10.8. The van der Waals surface area contributed by atoms with E-state index in [9.17, 15) is 4.79 Å². The molecule has 1 aliphatic rings. The summed E-state index contributed by atoms with van der Waals surface area (Å²) in [6.45, 7) is 8.31. The van der Waals surface area contributed by atoms with E-state index in [-0.39, 0.29) is 5.92 Å². The van der Waals surface area contributed by atoms with E-state index < -0.39 is 8.07 Å². The van der Waals surface area contributed by atoms with Gasteiger partial charge in [-0.05, 0) is 18.9 Å². The van der Waals surface area contributed by atoms with Gasteiger partial charge in [-0.1, -0.05) is 19.6 Å². The molecule has 0 aliphatic heterocycles. The summed E-state index contributed by atoms with van der Waals surface area (Å²) < 4.78 is 7.45. The largest absolute Gasteiger partial charge is 0.360 e. The lowest BCUT2D eigenvalue weighted by Crippen LogP contribution is -2.22. The monoisotopic (exact) mass is 280 g/mol. The molecule has 0 bridgehead atoms. The highest BCUT2D eigenvalue weighted by molar-refractivity contribution is 6.76. The summed E-state index contributed by atoms with van der Waals surface area (Å²) >= 11 is 0. The number of ether oxygens (including phenoxy) is 1. The maximum absolute atomic E-state index is 11.7. The number of carbonyl (C=O) groups is 1. The van der Waals surface area contributed by atoms with Crippen LogP contribution in [0.1, 0.15) is 30.7 Å². The Hall–Kier alpha value is -0.943. The van der Waals surface area contributed by atoms with Crippen LogP contribution in [0, 0.1) is 0 Å². The van der Waals surface area contributed by atoms with Gasteiger partial charge in [-0.15, -0.1) is 0 Å². The van der Waals surface area contributed by atoms with Crippen LogP contribution in [0.4, 0.5) is 0 Å². The summed E-state index contributed by atoms with van der Waals surface area (Å²) in [4.78, 5) is 11.7. The Bertz CT molecular complexity index is 437. The van der Waals surface area contributed by atoms with E-state index in [2.05, 4.69) is 24.7 Å². The SMILES string of the molecule is C[Si](C)(C)CCOCn1cc(C2CCCC2=O)cn1. The second-order valence-electron chi connectivity index (χ2n) is 6.57. The minimum Gasteiger partial charge on any atom is -0.360 e. The van der Waals surface area contributed by atoms with Crippen LogP contribution in [0.2, 0.25) is 25.7 Å². The van der Waals surface area contributed by atoms with E-state index in [4.69, 9.17) is 4.74 Å². The Balaban J connectivity index is 1.79. The lowest BCUT2D eigenvalue weighted by Gasteiger charge is -2.15. The van der Waals surface area contributed by atoms with E-state index >= 15 is 0 Å². The third-order valence-electron chi connectivity index (χ3n) is 3.58. The molecular formula is C14H24N2O2Si. The standard InChI is InChI=1S/C14H24N2O2Si/c1-19(2,3)8-7-18-11-16-10-12(9-15-16)13-5-4-6-14(13)17/h9-10,13H,4-8,11H2,1-3H3. The van der Waals surface area contributed by atoms with E-state index in [0.29, 0.717) is 12.5 Å². The first-order chi connectivity index (χ1) is 8.96. The molecule has 1 aromatic heterocycles.